The Balaban J connectivity index is 1.51. The number of benzene rings is 3. The van der Waals surface area contributed by atoms with Crippen molar-refractivity contribution in [3.8, 4) is 11.5 Å². The third-order valence-corrected chi connectivity index (χ3v) is 5.10. The van der Waals surface area contributed by atoms with Crippen molar-refractivity contribution < 1.29 is 14.6 Å². The molecule has 30 heavy (non-hydrogen) atoms. The number of ether oxygens (including phenoxy) is 2. The highest BCUT2D eigenvalue weighted by Crippen LogP contribution is 2.22. The summed E-state index contributed by atoms with van der Waals surface area (Å²) in [5.41, 5.74) is 3.97. The van der Waals surface area contributed by atoms with E-state index < -0.39 is 6.10 Å². The molecule has 1 heterocycles. The van der Waals surface area contributed by atoms with Gasteiger partial charge < -0.3 is 19.1 Å². The van der Waals surface area contributed by atoms with Gasteiger partial charge in [0.05, 0.1) is 17.6 Å². The van der Waals surface area contributed by atoms with E-state index in [0.29, 0.717) is 13.2 Å². The van der Waals surface area contributed by atoms with Gasteiger partial charge in [-0.3, -0.25) is 0 Å². The van der Waals surface area contributed by atoms with Crippen LogP contribution in [0, 0.1) is 13.8 Å². The van der Waals surface area contributed by atoms with Crippen molar-refractivity contribution in [1.29, 1.82) is 0 Å². The first-order valence-electron chi connectivity index (χ1n) is 10.1. The normalized spacial score (nSPS) is 12.1. The fraction of sp³-hybridized carbons (Fsp3) is 0.240. The summed E-state index contributed by atoms with van der Waals surface area (Å²) in [7, 11) is 0. The summed E-state index contributed by atoms with van der Waals surface area (Å²) in [6.45, 7) is 4.91. The molecule has 5 nitrogen and oxygen atoms in total. The van der Waals surface area contributed by atoms with E-state index in [0.717, 1.165) is 39.5 Å². The van der Waals surface area contributed by atoms with Crippen LogP contribution in [0.15, 0.2) is 72.8 Å². The van der Waals surface area contributed by atoms with Gasteiger partial charge in [-0.2, -0.15) is 0 Å². The topological polar surface area (TPSA) is 56.5 Å². The van der Waals surface area contributed by atoms with Gasteiger partial charge in [0.1, 0.15) is 36.6 Å². The second kappa shape index (κ2) is 9.01. The number of fused-ring (bicyclic) bond motifs is 1. The van der Waals surface area contributed by atoms with Crippen LogP contribution in [0.4, 0.5) is 0 Å². The smallest absolute Gasteiger partial charge is 0.148 e. The SMILES string of the molecule is Cc1ccccc1OCc1nc2ccccc2n1C[C@H](O)COc1ccccc1C. The van der Waals surface area contributed by atoms with Gasteiger partial charge in [-0.05, 0) is 49.2 Å². The van der Waals surface area contributed by atoms with Crippen molar-refractivity contribution in [2.75, 3.05) is 6.61 Å². The molecule has 154 valence electrons. The molecular weight excluding hydrogens is 376 g/mol. The number of rotatable bonds is 8. The summed E-state index contributed by atoms with van der Waals surface area (Å²) in [6.07, 6.45) is -0.681. The highest BCUT2D eigenvalue weighted by atomic mass is 16.5. The van der Waals surface area contributed by atoms with Crippen molar-refractivity contribution in [2.45, 2.75) is 33.1 Å². The van der Waals surface area contributed by atoms with Gasteiger partial charge in [0.25, 0.3) is 0 Å². The Hall–Kier alpha value is -3.31. The predicted molar refractivity (Wildman–Crippen MR) is 118 cm³/mol. The van der Waals surface area contributed by atoms with Crippen molar-refractivity contribution in [3.63, 3.8) is 0 Å². The molecule has 0 unspecified atom stereocenters. The first-order valence-corrected chi connectivity index (χ1v) is 10.1. The van der Waals surface area contributed by atoms with Crippen LogP contribution in [0.25, 0.3) is 11.0 Å². The number of aliphatic hydroxyl groups excluding tert-OH is 1. The Morgan fingerprint density at radius 2 is 1.43 bits per heavy atom. The Morgan fingerprint density at radius 3 is 2.13 bits per heavy atom. The summed E-state index contributed by atoms with van der Waals surface area (Å²) in [6, 6.07) is 23.6. The Labute approximate surface area is 176 Å². The molecule has 0 amide bonds. The largest absolute Gasteiger partial charge is 0.491 e. The van der Waals surface area contributed by atoms with Gasteiger partial charge in [-0.1, -0.05) is 48.5 Å². The Kier molecular flexibility index (Phi) is 6.00. The van der Waals surface area contributed by atoms with Gasteiger partial charge in [0, 0.05) is 0 Å². The minimum Gasteiger partial charge on any atom is -0.491 e. The molecule has 0 aliphatic heterocycles. The Bertz CT molecular complexity index is 1140. The minimum absolute atomic E-state index is 0.204. The number of imidazole rings is 1. The second-order valence-corrected chi connectivity index (χ2v) is 7.41. The van der Waals surface area contributed by atoms with E-state index in [9.17, 15) is 5.11 Å². The van der Waals surface area contributed by atoms with Crippen molar-refractivity contribution >= 4 is 11.0 Å². The van der Waals surface area contributed by atoms with Gasteiger partial charge in [-0.25, -0.2) is 4.98 Å². The molecule has 0 fully saturated rings. The molecule has 0 saturated carbocycles. The molecule has 1 atom stereocenters. The molecule has 4 aromatic rings. The van der Waals surface area contributed by atoms with Crippen LogP contribution in [0.2, 0.25) is 0 Å². The number of hydrogen-bond donors (Lipinski definition) is 1. The average Bonchev–Trinajstić information content (AvgIpc) is 3.10. The van der Waals surface area contributed by atoms with Gasteiger partial charge in [0.15, 0.2) is 0 Å². The molecule has 1 aromatic heterocycles. The Morgan fingerprint density at radius 1 is 0.833 bits per heavy atom. The third kappa shape index (κ3) is 4.47. The fourth-order valence-electron chi connectivity index (χ4n) is 3.47. The molecule has 0 saturated heterocycles. The summed E-state index contributed by atoms with van der Waals surface area (Å²) < 4.78 is 13.9. The van der Waals surface area contributed by atoms with Crippen LogP contribution in [0.5, 0.6) is 11.5 Å². The summed E-state index contributed by atoms with van der Waals surface area (Å²) >= 11 is 0. The third-order valence-electron chi connectivity index (χ3n) is 5.10. The molecule has 1 N–H and O–H groups in total. The number of aromatic nitrogens is 2. The molecule has 5 heteroatoms. The average molecular weight is 402 g/mol. The lowest BCUT2D eigenvalue weighted by atomic mass is 10.2. The van der Waals surface area contributed by atoms with Crippen LogP contribution in [0.3, 0.4) is 0 Å². The summed E-state index contributed by atoms with van der Waals surface area (Å²) in [5.74, 6) is 2.39. The van der Waals surface area contributed by atoms with Crippen LogP contribution in [-0.2, 0) is 13.2 Å². The van der Waals surface area contributed by atoms with E-state index in [1.807, 2.05) is 91.2 Å². The summed E-state index contributed by atoms with van der Waals surface area (Å²) in [4.78, 5) is 4.73. The van der Waals surface area contributed by atoms with Crippen molar-refractivity contribution in [2.24, 2.45) is 0 Å². The van der Waals surface area contributed by atoms with E-state index in [-0.39, 0.29) is 6.61 Å². The molecule has 0 radical (unpaired) electrons. The predicted octanol–water partition coefficient (Wildman–Crippen LogP) is 4.67. The van der Waals surface area contributed by atoms with E-state index in [1.54, 1.807) is 0 Å². The van der Waals surface area contributed by atoms with Gasteiger partial charge >= 0.3 is 0 Å². The highest BCUT2D eigenvalue weighted by molar-refractivity contribution is 5.75. The number of nitrogens with zero attached hydrogens (tertiary/aromatic N) is 2. The zero-order valence-corrected chi connectivity index (χ0v) is 17.3. The zero-order chi connectivity index (χ0) is 20.9. The number of aryl methyl sites for hydroxylation is 2. The number of hydrogen-bond acceptors (Lipinski definition) is 4. The van der Waals surface area contributed by atoms with Crippen molar-refractivity contribution in [1.82, 2.24) is 9.55 Å². The highest BCUT2D eigenvalue weighted by Gasteiger charge is 2.16. The van der Waals surface area contributed by atoms with Gasteiger partial charge in [-0.15, -0.1) is 0 Å². The van der Waals surface area contributed by atoms with E-state index in [2.05, 4.69) is 0 Å². The molecule has 4 rings (SSSR count). The van der Waals surface area contributed by atoms with Crippen LogP contribution in [0.1, 0.15) is 17.0 Å². The van der Waals surface area contributed by atoms with E-state index in [4.69, 9.17) is 14.5 Å². The first-order chi connectivity index (χ1) is 14.6. The van der Waals surface area contributed by atoms with Crippen molar-refractivity contribution in [3.05, 3.63) is 89.7 Å². The molecule has 0 aliphatic rings. The number of aliphatic hydroxyl groups is 1. The second-order valence-electron chi connectivity index (χ2n) is 7.41. The molecule has 0 aliphatic carbocycles. The molecule has 0 spiro atoms. The standard InChI is InChI=1S/C25H26N2O3/c1-18-9-3-7-13-23(18)29-16-20(28)15-27-22-12-6-5-11-21(22)26-25(27)17-30-24-14-8-4-10-19(24)2/h3-14,20,28H,15-17H2,1-2H3/t20-/m0/s1. The van der Waals surface area contributed by atoms with Crippen LogP contribution in [-0.4, -0.2) is 27.4 Å². The lowest BCUT2D eigenvalue weighted by Crippen LogP contribution is -2.25. The van der Waals surface area contributed by atoms with Crippen LogP contribution >= 0.6 is 0 Å². The fourth-order valence-corrected chi connectivity index (χ4v) is 3.47. The monoisotopic (exact) mass is 402 g/mol. The number of para-hydroxylation sites is 4. The molecule has 0 bridgehead atoms. The molecular formula is C25H26N2O3. The van der Waals surface area contributed by atoms with Crippen LogP contribution < -0.4 is 9.47 Å². The maximum absolute atomic E-state index is 10.7. The molecule has 3 aromatic carbocycles. The quantitative estimate of drug-likeness (QED) is 0.465. The minimum atomic E-state index is -0.681. The maximum Gasteiger partial charge on any atom is 0.148 e. The van der Waals surface area contributed by atoms with Gasteiger partial charge in [0.2, 0.25) is 0 Å². The van der Waals surface area contributed by atoms with E-state index >= 15 is 0 Å². The lowest BCUT2D eigenvalue weighted by molar-refractivity contribution is 0.0914. The lowest BCUT2D eigenvalue weighted by Gasteiger charge is -2.17. The zero-order valence-electron chi connectivity index (χ0n) is 17.3. The van der Waals surface area contributed by atoms with E-state index in [1.165, 1.54) is 0 Å². The summed E-state index contributed by atoms with van der Waals surface area (Å²) in [5, 5.41) is 10.7. The first kappa shape index (κ1) is 20.0. The maximum atomic E-state index is 10.7.